The summed E-state index contributed by atoms with van der Waals surface area (Å²) in [5.41, 5.74) is 2.99. The lowest BCUT2D eigenvalue weighted by molar-refractivity contribution is -0.143. The molecule has 0 spiro atoms. The maximum Gasteiger partial charge on any atom is 0.235 e. The van der Waals surface area contributed by atoms with Crippen molar-refractivity contribution in [3.8, 4) is 5.75 Å². The number of hydrogen-bond acceptors (Lipinski definition) is 4. The highest BCUT2D eigenvalue weighted by Crippen LogP contribution is 2.61. The summed E-state index contributed by atoms with van der Waals surface area (Å²) in [5.74, 6) is 3.29. The van der Waals surface area contributed by atoms with Crippen LogP contribution in [0.1, 0.15) is 49.7 Å². The minimum atomic E-state index is -0.194. The number of rotatable bonds is 5. The van der Waals surface area contributed by atoms with E-state index in [-0.39, 0.29) is 5.41 Å². The van der Waals surface area contributed by atoms with Gasteiger partial charge in [-0.1, -0.05) is 47.7 Å². The number of hydrogen-bond donors (Lipinski definition) is 0. The van der Waals surface area contributed by atoms with Gasteiger partial charge in [0.1, 0.15) is 11.3 Å². The van der Waals surface area contributed by atoms with Gasteiger partial charge in [-0.2, -0.15) is 0 Å². The summed E-state index contributed by atoms with van der Waals surface area (Å²) in [6, 6.07) is 14.4. The van der Waals surface area contributed by atoms with Crippen LogP contribution in [0.25, 0.3) is 10.2 Å². The number of fused-ring (bicyclic) bond motifs is 1. The first-order valence-corrected chi connectivity index (χ1v) is 12.7. The number of thiazole rings is 1. The molecule has 7 rings (SSSR count). The summed E-state index contributed by atoms with van der Waals surface area (Å²) in [6.45, 7) is 2.68. The monoisotopic (exact) mass is 446 g/mol. The van der Waals surface area contributed by atoms with E-state index in [1.807, 2.05) is 29.2 Å². The molecule has 0 saturated heterocycles. The smallest absolute Gasteiger partial charge is 0.235 e. The molecule has 4 bridgehead atoms. The van der Waals surface area contributed by atoms with Crippen molar-refractivity contribution in [3.05, 3.63) is 53.6 Å². The predicted octanol–water partition coefficient (Wildman–Crippen LogP) is 6.36. The SMILES string of the molecule is COc1ccc(C)c2sc(N(Cc3ccccc3)C(=O)C34CC5CC(CC(C5)C3)C4)nc12. The van der Waals surface area contributed by atoms with Gasteiger partial charge in [-0.05, 0) is 80.4 Å². The molecular weight excluding hydrogens is 416 g/mol. The second-order valence-corrected chi connectivity index (χ2v) is 11.3. The number of aryl methyl sites for hydroxylation is 1. The zero-order chi connectivity index (χ0) is 21.9. The van der Waals surface area contributed by atoms with Gasteiger partial charge in [-0.3, -0.25) is 9.69 Å². The number of amides is 1. The van der Waals surface area contributed by atoms with Crippen LogP contribution in [-0.2, 0) is 11.3 Å². The van der Waals surface area contributed by atoms with Crippen LogP contribution in [0.15, 0.2) is 42.5 Å². The lowest BCUT2D eigenvalue weighted by Gasteiger charge is -2.56. The van der Waals surface area contributed by atoms with E-state index in [4.69, 9.17) is 9.72 Å². The fraction of sp³-hybridized carbons (Fsp3) is 0.481. The molecule has 4 aliphatic carbocycles. The van der Waals surface area contributed by atoms with Crippen molar-refractivity contribution in [2.75, 3.05) is 12.0 Å². The standard InChI is InChI=1S/C27H30N2O2S/c1-17-8-9-22(31-2)23-24(17)32-26(28-23)29(16-18-6-4-3-5-7-18)25(30)27-13-19-10-20(14-27)12-21(11-19)15-27/h3-9,19-21H,10-16H2,1-2H3. The van der Waals surface area contributed by atoms with Gasteiger partial charge in [0, 0.05) is 0 Å². The molecular formula is C27H30N2O2S. The largest absolute Gasteiger partial charge is 0.494 e. The number of methoxy groups -OCH3 is 1. The molecule has 4 saturated carbocycles. The lowest BCUT2D eigenvalue weighted by atomic mass is 9.49. The third-order valence-corrected chi connectivity index (χ3v) is 9.28. The molecule has 4 nitrogen and oxygen atoms in total. The minimum Gasteiger partial charge on any atom is -0.494 e. The van der Waals surface area contributed by atoms with Gasteiger partial charge in [-0.15, -0.1) is 0 Å². The van der Waals surface area contributed by atoms with Gasteiger partial charge < -0.3 is 4.74 Å². The zero-order valence-corrected chi connectivity index (χ0v) is 19.7. The van der Waals surface area contributed by atoms with Gasteiger partial charge in [0.05, 0.1) is 23.8 Å². The number of anilines is 1. The fourth-order valence-electron chi connectivity index (χ4n) is 7.03. The van der Waals surface area contributed by atoms with Crippen molar-refractivity contribution < 1.29 is 9.53 Å². The predicted molar refractivity (Wildman–Crippen MR) is 129 cm³/mol. The van der Waals surface area contributed by atoms with E-state index in [1.54, 1.807) is 18.4 Å². The van der Waals surface area contributed by atoms with Gasteiger partial charge in [0.25, 0.3) is 0 Å². The van der Waals surface area contributed by atoms with Crippen LogP contribution < -0.4 is 9.64 Å². The van der Waals surface area contributed by atoms with Crippen LogP contribution in [-0.4, -0.2) is 18.0 Å². The van der Waals surface area contributed by atoms with E-state index in [9.17, 15) is 4.79 Å². The summed E-state index contributed by atoms with van der Waals surface area (Å²) in [5, 5.41) is 0.803. The van der Waals surface area contributed by atoms with Crippen molar-refractivity contribution in [1.82, 2.24) is 4.98 Å². The molecule has 0 N–H and O–H groups in total. The Morgan fingerprint density at radius 3 is 2.34 bits per heavy atom. The topological polar surface area (TPSA) is 42.4 Å². The van der Waals surface area contributed by atoms with Crippen LogP contribution in [0.3, 0.4) is 0 Å². The lowest BCUT2D eigenvalue weighted by Crippen LogP contribution is -2.54. The van der Waals surface area contributed by atoms with Crippen molar-refractivity contribution in [3.63, 3.8) is 0 Å². The van der Waals surface area contributed by atoms with Crippen molar-refractivity contribution in [2.45, 2.75) is 52.0 Å². The van der Waals surface area contributed by atoms with E-state index >= 15 is 0 Å². The average Bonchev–Trinajstić information content (AvgIpc) is 3.23. The molecule has 1 heterocycles. The molecule has 0 radical (unpaired) electrons. The quantitative estimate of drug-likeness (QED) is 0.458. The molecule has 0 atom stereocenters. The molecule has 4 fully saturated rings. The molecule has 4 aliphatic rings. The van der Waals surface area contributed by atoms with Gasteiger partial charge in [0.15, 0.2) is 5.13 Å². The maximum absolute atomic E-state index is 14.4. The molecule has 2 aromatic carbocycles. The molecule has 166 valence electrons. The Bertz CT molecular complexity index is 1130. The minimum absolute atomic E-state index is 0.194. The van der Waals surface area contributed by atoms with Gasteiger partial charge in [-0.25, -0.2) is 4.98 Å². The maximum atomic E-state index is 14.4. The highest BCUT2D eigenvalue weighted by Gasteiger charge is 2.56. The molecule has 3 aromatic rings. The van der Waals surface area contributed by atoms with Crippen LogP contribution in [0, 0.1) is 30.1 Å². The van der Waals surface area contributed by atoms with Crippen LogP contribution in [0.4, 0.5) is 5.13 Å². The molecule has 0 unspecified atom stereocenters. The van der Waals surface area contributed by atoms with E-state index in [1.165, 1.54) is 24.8 Å². The average molecular weight is 447 g/mol. The summed E-state index contributed by atoms with van der Waals surface area (Å²) in [7, 11) is 1.69. The van der Waals surface area contributed by atoms with Crippen LogP contribution in [0.2, 0.25) is 0 Å². The number of carbonyl (C=O) groups excluding carboxylic acids is 1. The van der Waals surface area contributed by atoms with Crippen LogP contribution in [0.5, 0.6) is 5.75 Å². The first kappa shape index (κ1) is 20.2. The third kappa shape index (κ3) is 3.24. The van der Waals surface area contributed by atoms with Gasteiger partial charge >= 0.3 is 0 Å². The Labute approximate surface area is 193 Å². The second-order valence-electron chi connectivity index (χ2n) is 10.3. The molecule has 5 heteroatoms. The molecule has 1 amide bonds. The number of aromatic nitrogens is 1. The first-order chi connectivity index (χ1) is 15.5. The van der Waals surface area contributed by atoms with E-state index in [2.05, 4.69) is 25.1 Å². The van der Waals surface area contributed by atoms with E-state index in [0.717, 1.165) is 63.7 Å². The number of ether oxygens (including phenoxy) is 1. The second kappa shape index (κ2) is 7.58. The normalized spacial score (nSPS) is 28.2. The summed E-state index contributed by atoms with van der Waals surface area (Å²) < 4.78 is 6.70. The summed E-state index contributed by atoms with van der Waals surface area (Å²) >= 11 is 1.63. The van der Waals surface area contributed by atoms with E-state index < -0.39 is 0 Å². The number of benzene rings is 2. The summed E-state index contributed by atoms with van der Waals surface area (Å²) in [4.78, 5) is 21.4. The number of carbonyl (C=O) groups is 1. The van der Waals surface area contributed by atoms with Gasteiger partial charge in [0.2, 0.25) is 5.91 Å². The van der Waals surface area contributed by atoms with Crippen molar-refractivity contribution in [2.24, 2.45) is 23.2 Å². The van der Waals surface area contributed by atoms with Crippen molar-refractivity contribution >= 4 is 32.6 Å². The Hall–Kier alpha value is -2.40. The van der Waals surface area contributed by atoms with Crippen LogP contribution >= 0.6 is 11.3 Å². The molecule has 1 aromatic heterocycles. The Morgan fingerprint density at radius 2 is 1.72 bits per heavy atom. The Morgan fingerprint density at radius 1 is 1.06 bits per heavy atom. The number of nitrogens with zero attached hydrogens (tertiary/aromatic N) is 2. The van der Waals surface area contributed by atoms with Crippen molar-refractivity contribution in [1.29, 1.82) is 0 Å². The Kier molecular flexibility index (Phi) is 4.79. The first-order valence-electron chi connectivity index (χ1n) is 11.8. The third-order valence-electron chi connectivity index (χ3n) is 8.06. The molecule has 0 aliphatic heterocycles. The van der Waals surface area contributed by atoms with E-state index in [0.29, 0.717) is 12.5 Å². The fourth-order valence-corrected chi connectivity index (χ4v) is 8.08. The highest BCUT2D eigenvalue weighted by atomic mass is 32.1. The summed E-state index contributed by atoms with van der Waals surface area (Å²) in [6.07, 6.45) is 7.21. The zero-order valence-electron chi connectivity index (χ0n) is 18.8. The highest BCUT2D eigenvalue weighted by molar-refractivity contribution is 7.22. The molecule has 32 heavy (non-hydrogen) atoms. The Balaban J connectivity index is 1.44.